The smallest absolute Gasteiger partial charge is 0.337 e. The topological polar surface area (TPSA) is 284 Å². The van der Waals surface area contributed by atoms with Gasteiger partial charge in [0.25, 0.3) is 11.6 Å². The summed E-state index contributed by atoms with van der Waals surface area (Å²) in [6.07, 6.45) is 2.80. The largest absolute Gasteiger partial charge is 1.00 e. The van der Waals surface area contributed by atoms with E-state index in [9.17, 15) is 19.2 Å². The second-order valence-corrected chi connectivity index (χ2v) is 25.6. The van der Waals surface area contributed by atoms with E-state index < -0.39 is 11.6 Å². The van der Waals surface area contributed by atoms with Crippen LogP contribution < -0.4 is 18.9 Å². The van der Waals surface area contributed by atoms with Crippen molar-refractivity contribution in [1.29, 1.82) is 5.26 Å². The Balaban J connectivity index is 0.000000135. The predicted octanol–water partition coefficient (Wildman–Crippen LogP) is 10.3. The van der Waals surface area contributed by atoms with Gasteiger partial charge in [-0.1, -0.05) is 72.8 Å². The summed E-state index contributed by atoms with van der Waals surface area (Å²) in [6.45, 7) is 4.54. The first-order valence-electron chi connectivity index (χ1n) is 31.2. The molecule has 0 unspecified atom stereocenters. The maximum Gasteiger partial charge on any atom is 1.00 e. The number of aromatic nitrogens is 12. The molecule has 500 valence electrons. The van der Waals surface area contributed by atoms with Crippen molar-refractivity contribution in [2.75, 3.05) is 26.4 Å². The molecular formula is C76H54Br4LiN13O8. The number of carbonyl (C=O) groups is 4. The number of rotatable bonds is 8. The van der Waals surface area contributed by atoms with Gasteiger partial charge in [-0.25, -0.2) is 50.1 Å². The van der Waals surface area contributed by atoms with Crippen LogP contribution in [0.3, 0.4) is 0 Å². The van der Waals surface area contributed by atoms with Crippen LogP contribution in [0, 0.1) is 18.3 Å². The molecule has 0 aliphatic carbocycles. The van der Waals surface area contributed by atoms with Gasteiger partial charge in [0, 0.05) is 71.2 Å². The second-order valence-electron chi connectivity index (χ2n) is 22.3. The zero-order chi connectivity index (χ0) is 70.3. The predicted molar refractivity (Wildman–Crippen MR) is 383 cm³/mol. The minimum atomic E-state index is -1.20. The number of ether oxygens (including phenoxy) is 4. The Morgan fingerprint density at radius 2 is 0.559 bits per heavy atom. The maximum absolute atomic E-state index is 12.5. The number of nitriles is 1. The van der Waals surface area contributed by atoms with Crippen molar-refractivity contribution in [3.05, 3.63) is 358 Å². The molecule has 21 nitrogen and oxygen atoms in total. The summed E-state index contributed by atoms with van der Waals surface area (Å²) in [4.78, 5) is 104. The average molecular weight is 1600 g/mol. The fourth-order valence-electron chi connectivity index (χ4n) is 11.0. The van der Waals surface area contributed by atoms with E-state index in [1.54, 1.807) is 97.1 Å². The van der Waals surface area contributed by atoms with Crippen molar-refractivity contribution in [1.82, 2.24) is 59.8 Å². The third-order valence-electron chi connectivity index (χ3n) is 15.4. The first-order chi connectivity index (χ1) is 49.1. The second kappa shape index (κ2) is 34.2. The number of pyridine rings is 12. The molecule has 26 heteroatoms. The number of nitrogens with zero attached hydrogens (tertiary/aromatic N) is 13. The van der Waals surface area contributed by atoms with Gasteiger partial charge in [0.05, 0.1) is 26.4 Å². The normalized spacial score (nSPS) is 14.0. The van der Waals surface area contributed by atoms with Crippen molar-refractivity contribution in [2.45, 2.75) is 37.3 Å². The Morgan fingerprint density at radius 1 is 0.324 bits per heavy atom. The monoisotopic (exact) mass is 1600 g/mol. The molecule has 0 saturated carbocycles. The fourth-order valence-corrected chi connectivity index (χ4v) is 12.3. The van der Waals surface area contributed by atoms with E-state index in [-0.39, 0.29) is 76.2 Å². The molecule has 12 bridgehead atoms. The minimum absolute atomic E-state index is 0. The van der Waals surface area contributed by atoms with Crippen molar-refractivity contribution in [3.8, 4) is 6.07 Å². The number of ketones is 4. The van der Waals surface area contributed by atoms with E-state index in [1.807, 2.05) is 66.7 Å². The number of fused-ring (bicyclic) bond motifs is 12. The van der Waals surface area contributed by atoms with Crippen LogP contribution in [-0.2, 0) is 56.2 Å². The number of halogens is 4. The van der Waals surface area contributed by atoms with Crippen LogP contribution in [0.2, 0.25) is 0 Å². The quantitative estimate of drug-likeness (QED) is 0.0591. The van der Waals surface area contributed by atoms with Gasteiger partial charge in [0.2, 0.25) is 23.1 Å². The van der Waals surface area contributed by atoms with Crippen LogP contribution >= 0.6 is 63.7 Å². The number of carbonyl (C=O) groups excluding carboxylic acids is 4. The molecule has 0 N–H and O–H groups in total. The van der Waals surface area contributed by atoms with Gasteiger partial charge in [-0.15, -0.1) is 6.07 Å². The molecule has 12 aromatic heterocycles. The Bertz CT molecular complexity index is 4730. The molecular weight excluding hydrogens is 1550 g/mol. The van der Waals surface area contributed by atoms with Gasteiger partial charge >= 0.3 is 18.9 Å². The van der Waals surface area contributed by atoms with Crippen molar-refractivity contribution in [3.63, 3.8) is 0 Å². The van der Waals surface area contributed by atoms with Crippen LogP contribution in [-0.4, -0.2) is 109 Å². The van der Waals surface area contributed by atoms with E-state index in [4.69, 9.17) is 44.1 Å². The van der Waals surface area contributed by atoms with Gasteiger partial charge in [0.15, 0.2) is 0 Å². The Kier molecular flexibility index (Phi) is 24.6. The van der Waals surface area contributed by atoms with Gasteiger partial charge in [-0.05, 0) is 209 Å². The Labute approximate surface area is 631 Å². The van der Waals surface area contributed by atoms with Crippen LogP contribution in [0.15, 0.2) is 237 Å². The Morgan fingerprint density at radius 3 is 0.882 bits per heavy atom. The molecule has 2 saturated heterocycles. The summed E-state index contributed by atoms with van der Waals surface area (Å²) in [6, 6.07) is 67.0. The van der Waals surface area contributed by atoms with E-state index >= 15 is 0 Å². The summed E-state index contributed by atoms with van der Waals surface area (Å²) in [5.41, 5.74) is 12.0. The molecule has 0 aromatic carbocycles. The summed E-state index contributed by atoms with van der Waals surface area (Å²) in [7, 11) is 0. The van der Waals surface area contributed by atoms with Crippen LogP contribution in [0.5, 0.6) is 0 Å². The molecule has 16 rings (SSSR count). The molecule has 0 spiro atoms. The zero-order valence-electron chi connectivity index (χ0n) is 54.2. The average Bonchev–Trinajstić information content (AvgIpc) is 1.47. The van der Waals surface area contributed by atoms with Crippen molar-refractivity contribution >= 4 is 86.9 Å². The Hall–Kier alpha value is -9.80. The third-order valence-corrected chi connectivity index (χ3v) is 17.1. The van der Waals surface area contributed by atoms with Crippen molar-refractivity contribution < 1.29 is 57.0 Å². The summed E-state index contributed by atoms with van der Waals surface area (Å²) in [5, 5.41) is 7.21. The zero-order valence-corrected chi connectivity index (χ0v) is 60.6. The van der Waals surface area contributed by atoms with Gasteiger partial charge < -0.3 is 25.9 Å². The van der Waals surface area contributed by atoms with E-state index in [2.05, 4.69) is 165 Å². The summed E-state index contributed by atoms with van der Waals surface area (Å²) in [5.74, 6) is -3.70. The molecule has 16 heterocycles. The van der Waals surface area contributed by atoms with Crippen LogP contribution in [0.25, 0.3) is 0 Å². The third kappa shape index (κ3) is 17.9. The van der Waals surface area contributed by atoms with Crippen LogP contribution in [0.4, 0.5) is 0 Å². The molecule has 0 amide bonds. The van der Waals surface area contributed by atoms with Gasteiger partial charge in [-0.3, -0.25) is 34.1 Å². The molecule has 0 radical (unpaired) electrons. The fraction of sp³-hybridized carbons (Fsp3) is 0.132. The van der Waals surface area contributed by atoms with Gasteiger partial charge in [-0.2, -0.15) is 0 Å². The molecule has 2 fully saturated rings. The minimum Gasteiger partial charge on any atom is -0.337 e. The van der Waals surface area contributed by atoms with E-state index in [0.717, 1.165) is 64.8 Å². The molecule has 12 aromatic rings. The van der Waals surface area contributed by atoms with Crippen LogP contribution in [0.1, 0.15) is 133 Å². The van der Waals surface area contributed by atoms with E-state index in [1.165, 1.54) is 6.07 Å². The van der Waals surface area contributed by atoms with Gasteiger partial charge in [0.1, 0.15) is 86.7 Å². The molecule has 4 aliphatic heterocycles. The molecule has 0 atom stereocenters. The maximum atomic E-state index is 12.5. The summed E-state index contributed by atoms with van der Waals surface area (Å²) < 4.78 is 26.8. The first kappa shape index (κ1) is 73.4. The first-order valence-corrected chi connectivity index (χ1v) is 34.4. The van der Waals surface area contributed by atoms with Crippen molar-refractivity contribution in [2.24, 2.45) is 0 Å². The number of hydrogen-bond acceptors (Lipinski definition) is 21. The SMILES string of the molecule is Brc1cccc(C2(c3cccc(C4(c5cccc(Br)n5)OCCO4)n3)OCCO2)n1.O=C(c1cccc(Br)n1)c1cccc(C(=O)c2cccc(Br)n2)n1.O=C1c2cccc(n2)Cc2cccc(n2)C(=O)c2cccc1n2.[CH2-]C#N.[Li+].c1cc2nc(c1)Cc1cccc(n1)Cc1cccc(n1)C2. The molecule has 102 heavy (non-hydrogen) atoms. The summed E-state index contributed by atoms with van der Waals surface area (Å²) >= 11 is 13.3. The molecule has 4 aliphatic rings. The van der Waals surface area contributed by atoms with E-state index in [0.29, 0.717) is 85.4 Å². The standard InChI is InChI=1S/C21H17Br2N3O4.C18H11N3O2.C18H15N3.C17H9Br2N3O2.C2H2N.Li/c22-18-8-2-6-16(25-18)20(27-10-11-28-20)14-4-1-5-15(24-14)21(29-12-13-30-21)17-7-3-9-19(23)26-17;22-17-13-6-1-4-11(19-13)10-12-5-2-7-14(20-12)18(23)16-9-3-8-15(17)21-16;1-4-13-10-15-6-2-8-17(20-15)12-18-9-3-7-16(21-18)11-14(5-1)19-13;18-14-8-2-6-12(21-14)16(23)10-4-1-5-11(20-10)17(24)13-7-3-9-15(19)22-13;1-2-3;/h1-9H,10-13H2;1-9H,10H2;1-9H,10-12H2;1-9H;1H2;/q;;;;-1;+1. The number of hydrogen-bond donors (Lipinski definition) is 0.